The molecule has 21 heavy (non-hydrogen) atoms. The fourth-order valence-electron chi connectivity index (χ4n) is 2.92. The summed E-state index contributed by atoms with van der Waals surface area (Å²) in [6.07, 6.45) is 3.65. The van der Waals surface area contributed by atoms with E-state index in [1.165, 1.54) is 13.2 Å². The molecular weight excluding hydrogens is 271 g/mol. The van der Waals surface area contributed by atoms with Gasteiger partial charge in [0.25, 0.3) is 0 Å². The number of nitrogens with zero attached hydrogens (tertiary/aromatic N) is 1. The Hall–Kier alpha value is -1.62. The van der Waals surface area contributed by atoms with Gasteiger partial charge in [-0.3, -0.25) is 4.79 Å². The van der Waals surface area contributed by atoms with Crippen molar-refractivity contribution in [2.24, 2.45) is 11.7 Å². The largest absolute Gasteiger partial charge is 0.494 e. The third-order valence-corrected chi connectivity index (χ3v) is 4.08. The molecule has 5 heteroatoms. The third-order valence-electron chi connectivity index (χ3n) is 4.08. The number of carbonyl (C=O) groups excluding carboxylic acids is 1. The Morgan fingerprint density at radius 1 is 1.48 bits per heavy atom. The first-order valence-corrected chi connectivity index (χ1v) is 7.34. The normalized spacial score (nSPS) is 21.9. The van der Waals surface area contributed by atoms with Crippen LogP contribution in [0, 0.1) is 11.7 Å². The summed E-state index contributed by atoms with van der Waals surface area (Å²) in [5.41, 5.74) is 6.69. The minimum Gasteiger partial charge on any atom is -0.494 e. The molecule has 2 N–H and O–H groups in total. The summed E-state index contributed by atoms with van der Waals surface area (Å²) in [6, 6.07) is 4.90. The zero-order valence-electron chi connectivity index (χ0n) is 12.6. The molecule has 2 rings (SSSR count). The first kappa shape index (κ1) is 15.8. The van der Waals surface area contributed by atoms with E-state index in [4.69, 9.17) is 10.5 Å². The average Bonchev–Trinajstić information content (AvgIpc) is 2.46. The quantitative estimate of drug-likeness (QED) is 0.927. The second-order valence-electron chi connectivity index (χ2n) is 5.79. The van der Waals surface area contributed by atoms with E-state index >= 15 is 0 Å². The highest BCUT2D eigenvalue weighted by Gasteiger charge is 2.27. The molecule has 1 amide bonds. The summed E-state index contributed by atoms with van der Waals surface area (Å²) in [6.45, 7) is 0.394. The Morgan fingerprint density at radius 3 is 2.86 bits per heavy atom. The maximum Gasteiger partial charge on any atom is 0.225 e. The van der Waals surface area contributed by atoms with Crippen molar-refractivity contribution in [3.05, 3.63) is 29.6 Å². The number of rotatable bonds is 4. The van der Waals surface area contributed by atoms with E-state index in [0.717, 1.165) is 31.2 Å². The van der Waals surface area contributed by atoms with E-state index in [9.17, 15) is 9.18 Å². The summed E-state index contributed by atoms with van der Waals surface area (Å²) in [4.78, 5) is 14.1. The van der Waals surface area contributed by atoms with E-state index < -0.39 is 5.82 Å². The van der Waals surface area contributed by atoms with E-state index in [0.29, 0.717) is 6.54 Å². The van der Waals surface area contributed by atoms with Crippen LogP contribution in [0.5, 0.6) is 5.75 Å². The van der Waals surface area contributed by atoms with Crippen LogP contribution >= 0.6 is 0 Å². The average molecular weight is 294 g/mol. The van der Waals surface area contributed by atoms with Crippen LogP contribution in [-0.2, 0) is 11.3 Å². The molecule has 0 heterocycles. The molecule has 1 aromatic carbocycles. The van der Waals surface area contributed by atoms with E-state index in [1.807, 2.05) is 0 Å². The first-order chi connectivity index (χ1) is 10.0. The van der Waals surface area contributed by atoms with Gasteiger partial charge in [0.2, 0.25) is 5.91 Å². The zero-order chi connectivity index (χ0) is 15.4. The van der Waals surface area contributed by atoms with Crippen molar-refractivity contribution in [1.82, 2.24) is 4.90 Å². The summed E-state index contributed by atoms with van der Waals surface area (Å²) in [5, 5.41) is 0. The number of halogens is 1. The van der Waals surface area contributed by atoms with Gasteiger partial charge >= 0.3 is 0 Å². The number of benzene rings is 1. The Balaban J connectivity index is 1.98. The highest BCUT2D eigenvalue weighted by Crippen LogP contribution is 2.25. The van der Waals surface area contributed by atoms with E-state index in [-0.39, 0.29) is 23.6 Å². The number of methoxy groups -OCH3 is 1. The number of amides is 1. The molecule has 1 aliphatic rings. The van der Waals surface area contributed by atoms with Crippen LogP contribution in [-0.4, -0.2) is 31.0 Å². The Kier molecular flexibility index (Phi) is 5.17. The highest BCUT2D eigenvalue weighted by molar-refractivity contribution is 5.78. The van der Waals surface area contributed by atoms with Gasteiger partial charge in [-0.1, -0.05) is 12.5 Å². The SMILES string of the molecule is COc1ccc(CN(C)C(=O)[C@H]2CCC[C@@H](N)C2)cc1F. The summed E-state index contributed by atoms with van der Waals surface area (Å²) in [7, 11) is 3.19. The van der Waals surface area contributed by atoms with Crippen molar-refractivity contribution in [2.45, 2.75) is 38.3 Å². The van der Waals surface area contributed by atoms with Gasteiger partial charge < -0.3 is 15.4 Å². The smallest absolute Gasteiger partial charge is 0.225 e. The molecular formula is C16H23FN2O2. The van der Waals surface area contributed by atoms with Crippen molar-refractivity contribution in [2.75, 3.05) is 14.2 Å². The molecule has 0 saturated heterocycles. The summed E-state index contributed by atoms with van der Waals surface area (Å²) in [5.74, 6) is -0.0928. The molecule has 0 radical (unpaired) electrons. The Bertz CT molecular complexity index is 507. The maximum atomic E-state index is 13.7. The van der Waals surface area contributed by atoms with Gasteiger partial charge in [0.15, 0.2) is 11.6 Å². The van der Waals surface area contributed by atoms with E-state index in [1.54, 1.807) is 24.1 Å². The molecule has 1 saturated carbocycles. The number of hydrogen-bond donors (Lipinski definition) is 1. The number of nitrogens with two attached hydrogens (primary N) is 1. The van der Waals surface area contributed by atoms with Crippen molar-refractivity contribution in [1.29, 1.82) is 0 Å². The van der Waals surface area contributed by atoms with Crippen molar-refractivity contribution >= 4 is 5.91 Å². The molecule has 1 fully saturated rings. The molecule has 0 aliphatic heterocycles. The monoisotopic (exact) mass is 294 g/mol. The lowest BCUT2D eigenvalue weighted by molar-refractivity contribution is -0.135. The molecule has 0 spiro atoms. The molecule has 4 nitrogen and oxygen atoms in total. The van der Waals surface area contributed by atoms with Crippen LogP contribution in [0.3, 0.4) is 0 Å². The minimum atomic E-state index is -0.407. The molecule has 2 atom stereocenters. The number of hydrogen-bond acceptors (Lipinski definition) is 3. The number of carbonyl (C=O) groups is 1. The lowest BCUT2D eigenvalue weighted by atomic mass is 9.85. The summed E-state index contributed by atoms with van der Waals surface area (Å²) >= 11 is 0. The van der Waals surface area contributed by atoms with Crippen LogP contribution in [0.15, 0.2) is 18.2 Å². The summed E-state index contributed by atoms with van der Waals surface area (Å²) < 4.78 is 18.6. The van der Waals surface area contributed by atoms with Gasteiger partial charge in [-0.2, -0.15) is 0 Å². The Morgan fingerprint density at radius 2 is 2.24 bits per heavy atom. The Labute approximate surface area is 125 Å². The fraction of sp³-hybridized carbons (Fsp3) is 0.562. The number of ether oxygens (including phenoxy) is 1. The van der Waals surface area contributed by atoms with Crippen molar-refractivity contribution < 1.29 is 13.9 Å². The van der Waals surface area contributed by atoms with Crippen LogP contribution in [0.2, 0.25) is 0 Å². The third kappa shape index (κ3) is 3.94. The molecule has 0 unspecified atom stereocenters. The van der Waals surface area contributed by atoms with Gasteiger partial charge in [0, 0.05) is 25.6 Å². The van der Waals surface area contributed by atoms with Gasteiger partial charge in [-0.05, 0) is 37.0 Å². The molecule has 1 aliphatic carbocycles. The first-order valence-electron chi connectivity index (χ1n) is 7.34. The molecule has 1 aromatic rings. The minimum absolute atomic E-state index is 0.00171. The van der Waals surface area contributed by atoms with Gasteiger partial charge in [-0.15, -0.1) is 0 Å². The topological polar surface area (TPSA) is 55.6 Å². The molecule has 0 bridgehead atoms. The predicted molar refractivity (Wildman–Crippen MR) is 79.4 cm³/mol. The molecule has 0 aromatic heterocycles. The van der Waals surface area contributed by atoms with Gasteiger partial charge in [0.1, 0.15) is 0 Å². The second kappa shape index (κ2) is 6.89. The van der Waals surface area contributed by atoms with Crippen LogP contribution in [0.25, 0.3) is 0 Å². The molecule has 116 valence electrons. The van der Waals surface area contributed by atoms with Crippen LogP contribution in [0.1, 0.15) is 31.2 Å². The van der Waals surface area contributed by atoms with Crippen molar-refractivity contribution in [3.63, 3.8) is 0 Å². The van der Waals surface area contributed by atoms with Crippen LogP contribution in [0.4, 0.5) is 4.39 Å². The fourth-order valence-corrected chi connectivity index (χ4v) is 2.92. The standard InChI is InChI=1S/C16H23FN2O2/c1-19(16(20)12-4-3-5-13(18)9-12)10-11-6-7-15(21-2)14(17)8-11/h6-8,12-13H,3-5,9-10,18H2,1-2H3/t12-,13+/m0/s1. The van der Waals surface area contributed by atoms with Crippen molar-refractivity contribution in [3.8, 4) is 5.75 Å². The van der Waals surface area contributed by atoms with Gasteiger partial charge in [0.05, 0.1) is 7.11 Å². The predicted octanol–water partition coefficient (Wildman–Crippen LogP) is 2.31. The zero-order valence-corrected chi connectivity index (χ0v) is 12.6. The lowest BCUT2D eigenvalue weighted by Crippen LogP contribution is -2.38. The lowest BCUT2D eigenvalue weighted by Gasteiger charge is -2.29. The van der Waals surface area contributed by atoms with E-state index in [2.05, 4.69) is 0 Å². The highest BCUT2D eigenvalue weighted by atomic mass is 19.1. The van der Waals surface area contributed by atoms with Gasteiger partial charge in [-0.25, -0.2) is 4.39 Å². The maximum absolute atomic E-state index is 13.7. The van der Waals surface area contributed by atoms with Crippen LogP contribution < -0.4 is 10.5 Å². The second-order valence-corrected chi connectivity index (χ2v) is 5.79.